The molecule has 0 aromatic heterocycles. The maximum Gasteiger partial charge on any atom is 0.408 e. The monoisotopic (exact) mass is 340 g/mol. The van der Waals surface area contributed by atoms with Crippen LogP contribution in [0, 0.1) is 11.8 Å². The first kappa shape index (κ1) is 18.6. The average molecular weight is 340 g/mol. The summed E-state index contributed by atoms with van der Waals surface area (Å²) in [6.45, 7) is 9.53. The van der Waals surface area contributed by atoms with E-state index in [-0.39, 0.29) is 5.92 Å². The third-order valence-corrected chi connectivity index (χ3v) is 4.55. The topological polar surface area (TPSA) is 96.9 Å². The summed E-state index contributed by atoms with van der Waals surface area (Å²) in [5.74, 6) is -1.35. The van der Waals surface area contributed by atoms with Gasteiger partial charge in [0.15, 0.2) is 0 Å². The van der Waals surface area contributed by atoms with Crippen LogP contribution in [-0.2, 0) is 14.4 Å². The van der Waals surface area contributed by atoms with Gasteiger partial charge in [-0.15, -0.1) is 0 Å². The molecule has 0 spiro atoms. The molecule has 2 rings (SSSR count). The van der Waals surface area contributed by atoms with Crippen LogP contribution in [0.2, 0.25) is 0 Å². The molecule has 1 aliphatic heterocycles. The second-order valence-electron chi connectivity index (χ2n) is 7.40. The van der Waals surface area contributed by atoms with Crippen molar-refractivity contribution in [1.82, 2.24) is 10.8 Å². The number of ether oxygens (including phenoxy) is 1. The van der Waals surface area contributed by atoms with E-state index in [2.05, 4.69) is 24.6 Å². The molecule has 7 heteroatoms. The summed E-state index contributed by atoms with van der Waals surface area (Å²) in [5.41, 5.74) is 4.08. The molecule has 1 saturated carbocycles. The summed E-state index contributed by atoms with van der Waals surface area (Å²) >= 11 is 0. The van der Waals surface area contributed by atoms with Crippen molar-refractivity contribution in [3.05, 3.63) is 11.3 Å². The van der Waals surface area contributed by atoms with Gasteiger partial charge in [0, 0.05) is 17.2 Å². The number of hydroxylamine groups is 1. The molecule has 3 atom stereocenters. The highest BCUT2D eigenvalue weighted by Gasteiger charge is 2.50. The quantitative estimate of drug-likeness (QED) is 0.712. The Morgan fingerprint density at radius 3 is 2.50 bits per heavy atom. The van der Waals surface area contributed by atoms with Gasteiger partial charge in [0.1, 0.15) is 11.7 Å². The number of carbonyl (C=O) groups excluding carboxylic acids is 1. The fourth-order valence-corrected chi connectivity index (χ4v) is 3.42. The van der Waals surface area contributed by atoms with E-state index < -0.39 is 35.7 Å². The van der Waals surface area contributed by atoms with Gasteiger partial charge in [-0.3, -0.25) is 15.1 Å². The van der Waals surface area contributed by atoms with Crippen LogP contribution in [0.15, 0.2) is 11.3 Å². The summed E-state index contributed by atoms with van der Waals surface area (Å²) < 4.78 is 5.31. The molecule has 1 fully saturated rings. The number of fused-ring (bicyclic) bond motifs is 1. The van der Waals surface area contributed by atoms with Gasteiger partial charge in [-0.2, -0.15) is 0 Å². The molecule has 0 radical (unpaired) electrons. The highest BCUT2D eigenvalue weighted by atomic mass is 16.7. The molecule has 136 valence electrons. The number of carboxylic acids is 1. The maximum atomic E-state index is 12.1. The van der Waals surface area contributed by atoms with Crippen molar-refractivity contribution in [1.29, 1.82) is 0 Å². The molecular formula is C17H28N2O5. The predicted molar refractivity (Wildman–Crippen MR) is 88.0 cm³/mol. The largest absolute Gasteiger partial charge is 0.481 e. The fraction of sp³-hybridized carbons (Fsp3) is 0.765. The van der Waals surface area contributed by atoms with Crippen LogP contribution in [0.5, 0.6) is 0 Å². The number of rotatable bonds is 5. The van der Waals surface area contributed by atoms with Crippen LogP contribution in [0.3, 0.4) is 0 Å². The zero-order chi connectivity index (χ0) is 18.1. The Balaban J connectivity index is 2.26. The summed E-state index contributed by atoms with van der Waals surface area (Å²) in [4.78, 5) is 29.2. The lowest BCUT2D eigenvalue weighted by Gasteiger charge is -2.23. The molecule has 1 aliphatic carbocycles. The molecular weight excluding hydrogens is 312 g/mol. The summed E-state index contributed by atoms with van der Waals surface area (Å²) in [6, 6.07) is -0.392. The summed E-state index contributed by atoms with van der Waals surface area (Å²) in [5, 5.41) is 12.3. The molecule has 1 amide bonds. The first-order valence-corrected chi connectivity index (χ1v) is 8.55. The minimum Gasteiger partial charge on any atom is -0.481 e. The van der Waals surface area contributed by atoms with E-state index in [0.29, 0.717) is 6.42 Å². The third-order valence-electron chi connectivity index (χ3n) is 4.55. The van der Waals surface area contributed by atoms with E-state index in [1.807, 2.05) is 0 Å². The second kappa shape index (κ2) is 7.01. The molecule has 3 N–H and O–H groups in total. The second-order valence-corrected chi connectivity index (χ2v) is 7.40. The average Bonchev–Trinajstić information content (AvgIpc) is 3.00. The highest BCUT2D eigenvalue weighted by molar-refractivity contribution is 5.75. The van der Waals surface area contributed by atoms with Crippen molar-refractivity contribution >= 4 is 12.1 Å². The van der Waals surface area contributed by atoms with Crippen molar-refractivity contribution in [3.63, 3.8) is 0 Å². The number of hydrogen-bond acceptors (Lipinski definition) is 5. The van der Waals surface area contributed by atoms with Crippen molar-refractivity contribution in [2.24, 2.45) is 11.8 Å². The first-order valence-electron chi connectivity index (χ1n) is 8.55. The molecule has 0 aromatic carbocycles. The van der Waals surface area contributed by atoms with Gasteiger partial charge in [0.2, 0.25) is 0 Å². The molecule has 1 heterocycles. The minimum atomic E-state index is -0.918. The predicted octanol–water partition coefficient (Wildman–Crippen LogP) is 2.58. The number of allylic oxidation sites excluding steroid dienone is 1. The fourth-order valence-electron chi connectivity index (χ4n) is 3.42. The van der Waals surface area contributed by atoms with Crippen LogP contribution in [-0.4, -0.2) is 34.9 Å². The van der Waals surface area contributed by atoms with Gasteiger partial charge >= 0.3 is 12.1 Å². The third kappa shape index (κ3) is 3.83. The Bertz CT molecular complexity index is 534. The number of amides is 1. The molecule has 0 saturated heterocycles. The number of hydrogen-bond donors (Lipinski definition) is 3. The van der Waals surface area contributed by atoms with Gasteiger partial charge in [-0.1, -0.05) is 13.8 Å². The van der Waals surface area contributed by atoms with E-state index in [4.69, 9.17) is 9.57 Å². The molecule has 7 nitrogen and oxygen atoms in total. The van der Waals surface area contributed by atoms with E-state index >= 15 is 0 Å². The van der Waals surface area contributed by atoms with Crippen molar-refractivity contribution in [2.75, 3.05) is 0 Å². The number of carboxylic acid groups (broad SMARTS) is 1. The molecule has 0 aromatic rings. The lowest BCUT2D eigenvalue weighted by atomic mass is 9.93. The Morgan fingerprint density at radius 2 is 2.00 bits per heavy atom. The summed E-state index contributed by atoms with van der Waals surface area (Å²) in [7, 11) is 0. The maximum absolute atomic E-state index is 12.1. The van der Waals surface area contributed by atoms with Gasteiger partial charge in [0.25, 0.3) is 0 Å². The molecule has 24 heavy (non-hydrogen) atoms. The van der Waals surface area contributed by atoms with Gasteiger partial charge in [0.05, 0.1) is 12.0 Å². The number of aliphatic carboxylic acids is 1. The normalized spacial score (nSPS) is 26.3. The lowest BCUT2D eigenvalue weighted by molar-refractivity contribution is -0.146. The minimum absolute atomic E-state index is 0.250. The number of alkyl carbamates (subject to hydrolysis) is 1. The van der Waals surface area contributed by atoms with Crippen molar-refractivity contribution < 1.29 is 24.3 Å². The van der Waals surface area contributed by atoms with Gasteiger partial charge < -0.3 is 15.2 Å². The van der Waals surface area contributed by atoms with Crippen LogP contribution >= 0.6 is 0 Å². The summed E-state index contributed by atoms with van der Waals surface area (Å²) in [6.07, 6.45) is 1.04. The first-order chi connectivity index (χ1) is 11.2. The smallest absolute Gasteiger partial charge is 0.408 e. The van der Waals surface area contributed by atoms with Crippen molar-refractivity contribution in [2.45, 2.75) is 71.6 Å². The Kier molecular flexibility index (Phi) is 5.42. The van der Waals surface area contributed by atoms with Gasteiger partial charge in [-0.25, -0.2) is 4.79 Å². The van der Waals surface area contributed by atoms with Crippen LogP contribution in [0.1, 0.15) is 53.9 Å². The van der Waals surface area contributed by atoms with Crippen LogP contribution in [0.4, 0.5) is 4.79 Å². The Labute approximate surface area is 142 Å². The SMILES string of the molecule is CCC(CC)C1=C2C(NC(=O)OC(C)(C)C)CC(C(=O)O)C2ON1. The van der Waals surface area contributed by atoms with Crippen LogP contribution in [0.25, 0.3) is 0 Å². The zero-order valence-electron chi connectivity index (χ0n) is 15.0. The van der Waals surface area contributed by atoms with E-state index in [1.54, 1.807) is 20.8 Å². The zero-order valence-corrected chi connectivity index (χ0v) is 15.0. The van der Waals surface area contributed by atoms with E-state index in [0.717, 1.165) is 24.1 Å². The lowest BCUT2D eigenvalue weighted by Crippen LogP contribution is -2.39. The van der Waals surface area contributed by atoms with Crippen LogP contribution < -0.4 is 10.8 Å². The van der Waals surface area contributed by atoms with Gasteiger partial charge in [-0.05, 0) is 40.0 Å². The van der Waals surface area contributed by atoms with E-state index in [9.17, 15) is 14.7 Å². The number of nitrogens with one attached hydrogen (secondary N) is 2. The Morgan fingerprint density at radius 1 is 1.38 bits per heavy atom. The highest BCUT2D eigenvalue weighted by Crippen LogP contribution is 2.41. The molecule has 3 unspecified atom stereocenters. The molecule has 0 bridgehead atoms. The van der Waals surface area contributed by atoms with Crippen molar-refractivity contribution in [3.8, 4) is 0 Å². The molecule has 2 aliphatic rings. The number of carbonyl (C=O) groups is 2. The van der Waals surface area contributed by atoms with E-state index in [1.165, 1.54) is 0 Å². The Hall–Kier alpha value is -1.76. The standard InChI is InChI=1S/C17H28N2O5/c1-6-9(7-2)13-12-11(18-16(22)23-17(3,4)5)8-10(15(20)21)14(12)24-19-13/h9-11,14,19H,6-8H2,1-5H3,(H,18,22)(H,20,21).